The van der Waals surface area contributed by atoms with Crippen LogP contribution >= 0.6 is 0 Å². The van der Waals surface area contributed by atoms with Crippen LogP contribution in [-0.2, 0) is 9.53 Å². The molecule has 0 radical (unpaired) electrons. The van der Waals surface area contributed by atoms with Crippen LogP contribution in [0.5, 0.6) is 0 Å². The van der Waals surface area contributed by atoms with Crippen molar-refractivity contribution in [1.29, 1.82) is 0 Å². The van der Waals surface area contributed by atoms with Gasteiger partial charge in [0.2, 0.25) is 5.89 Å². The van der Waals surface area contributed by atoms with E-state index in [2.05, 4.69) is 10.3 Å². The van der Waals surface area contributed by atoms with Crippen LogP contribution in [0, 0.1) is 6.92 Å². The van der Waals surface area contributed by atoms with E-state index in [1.165, 1.54) is 0 Å². The lowest BCUT2D eigenvalue weighted by Crippen LogP contribution is -2.27. The third kappa shape index (κ3) is 2.78. The first-order chi connectivity index (χ1) is 11.7. The van der Waals surface area contributed by atoms with Crippen LogP contribution in [0.2, 0.25) is 0 Å². The Balaban J connectivity index is 1.64. The number of hydrogen-bond acceptors (Lipinski definition) is 4. The molecule has 1 saturated heterocycles. The van der Waals surface area contributed by atoms with E-state index >= 15 is 0 Å². The highest BCUT2D eigenvalue weighted by Gasteiger charge is 2.24. The molecule has 0 aliphatic carbocycles. The Hall–Kier alpha value is -2.66. The van der Waals surface area contributed by atoms with E-state index in [9.17, 15) is 4.79 Å². The number of nitrogens with one attached hydrogen (secondary N) is 1. The molecule has 5 heteroatoms. The number of rotatable bonds is 3. The second kappa shape index (κ2) is 6.09. The van der Waals surface area contributed by atoms with Gasteiger partial charge in [0, 0.05) is 17.9 Å². The molecule has 4 rings (SSSR count). The van der Waals surface area contributed by atoms with Crippen molar-refractivity contribution in [2.45, 2.75) is 25.9 Å². The SMILES string of the molecule is Cc1ccc(-c2nc3ccccc3o2)cc1NC(=O)[C@@H]1CCCO1. The third-order valence-electron chi connectivity index (χ3n) is 4.26. The Kier molecular flexibility index (Phi) is 3.78. The minimum absolute atomic E-state index is 0.0923. The van der Waals surface area contributed by atoms with Crippen LogP contribution in [-0.4, -0.2) is 23.6 Å². The van der Waals surface area contributed by atoms with E-state index in [0.717, 1.165) is 40.8 Å². The Labute approximate surface area is 139 Å². The molecule has 2 heterocycles. The molecule has 1 atom stereocenters. The number of anilines is 1. The maximum atomic E-state index is 12.3. The van der Waals surface area contributed by atoms with E-state index in [1.807, 2.05) is 49.4 Å². The van der Waals surface area contributed by atoms with Gasteiger partial charge >= 0.3 is 0 Å². The van der Waals surface area contributed by atoms with Gasteiger partial charge in [-0.3, -0.25) is 4.79 Å². The van der Waals surface area contributed by atoms with Gasteiger partial charge in [0.25, 0.3) is 5.91 Å². The molecule has 1 aliphatic heterocycles. The van der Waals surface area contributed by atoms with Gasteiger partial charge in [-0.15, -0.1) is 0 Å². The molecule has 1 aromatic heterocycles. The fourth-order valence-electron chi connectivity index (χ4n) is 2.88. The molecular formula is C19H18N2O3. The average molecular weight is 322 g/mol. The number of amides is 1. The van der Waals surface area contributed by atoms with Gasteiger partial charge in [0.15, 0.2) is 5.58 Å². The van der Waals surface area contributed by atoms with E-state index in [0.29, 0.717) is 12.5 Å². The zero-order chi connectivity index (χ0) is 16.5. The maximum Gasteiger partial charge on any atom is 0.253 e. The zero-order valence-electron chi connectivity index (χ0n) is 13.4. The normalized spacial score (nSPS) is 17.3. The first-order valence-electron chi connectivity index (χ1n) is 8.10. The second-order valence-corrected chi connectivity index (χ2v) is 6.01. The van der Waals surface area contributed by atoms with Crippen LogP contribution in [0.25, 0.3) is 22.6 Å². The summed E-state index contributed by atoms with van der Waals surface area (Å²) < 4.78 is 11.2. The Morgan fingerprint density at radius 2 is 2.12 bits per heavy atom. The molecular weight excluding hydrogens is 304 g/mol. The van der Waals surface area contributed by atoms with E-state index in [4.69, 9.17) is 9.15 Å². The molecule has 3 aromatic rings. The zero-order valence-corrected chi connectivity index (χ0v) is 13.4. The Morgan fingerprint density at radius 3 is 2.92 bits per heavy atom. The number of benzene rings is 2. The molecule has 5 nitrogen and oxygen atoms in total. The fraction of sp³-hybridized carbons (Fsp3) is 0.263. The monoisotopic (exact) mass is 322 g/mol. The van der Waals surface area contributed by atoms with Gasteiger partial charge in [-0.25, -0.2) is 4.98 Å². The number of aromatic nitrogens is 1. The second-order valence-electron chi connectivity index (χ2n) is 6.01. The van der Waals surface area contributed by atoms with Crippen molar-refractivity contribution >= 4 is 22.7 Å². The molecule has 0 spiro atoms. The highest BCUT2D eigenvalue weighted by molar-refractivity contribution is 5.95. The molecule has 122 valence electrons. The van der Waals surface area contributed by atoms with Gasteiger partial charge in [-0.05, 0) is 49.6 Å². The number of aryl methyl sites for hydroxylation is 1. The quantitative estimate of drug-likeness (QED) is 0.794. The molecule has 1 fully saturated rings. The van der Waals surface area contributed by atoms with Crippen molar-refractivity contribution in [3.63, 3.8) is 0 Å². The van der Waals surface area contributed by atoms with Crippen molar-refractivity contribution in [2.75, 3.05) is 11.9 Å². The number of hydrogen-bond donors (Lipinski definition) is 1. The summed E-state index contributed by atoms with van der Waals surface area (Å²) in [4.78, 5) is 16.8. The lowest BCUT2D eigenvalue weighted by atomic mass is 10.1. The lowest BCUT2D eigenvalue weighted by Gasteiger charge is -2.13. The summed E-state index contributed by atoms with van der Waals surface area (Å²) in [7, 11) is 0. The first-order valence-corrected chi connectivity index (χ1v) is 8.10. The van der Waals surface area contributed by atoms with Crippen LogP contribution in [0.15, 0.2) is 46.9 Å². The Bertz CT molecular complexity index is 862. The van der Waals surface area contributed by atoms with Gasteiger partial charge in [0.1, 0.15) is 11.6 Å². The van der Waals surface area contributed by atoms with Gasteiger partial charge in [0.05, 0.1) is 0 Å². The van der Waals surface area contributed by atoms with Gasteiger partial charge < -0.3 is 14.5 Å². The summed E-state index contributed by atoms with van der Waals surface area (Å²) in [6.45, 7) is 2.61. The van der Waals surface area contributed by atoms with Crippen molar-refractivity contribution in [2.24, 2.45) is 0 Å². The predicted octanol–water partition coefficient (Wildman–Crippen LogP) is 3.92. The number of carbonyl (C=O) groups is 1. The summed E-state index contributed by atoms with van der Waals surface area (Å²) in [5.41, 5.74) is 4.15. The number of ether oxygens (including phenoxy) is 1. The average Bonchev–Trinajstić information content (AvgIpc) is 3.26. The van der Waals surface area contributed by atoms with Crippen LogP contribution in [0.3, 0.4) is 0 Å². The lowest BCUT2D eigenvalue weighted by molar-refractivity contribution is -0.124. The Morgan fingerprint density at radius 1 is 1.25 bits per heavy atom. The number of nitrogens with zero attached hydrogens (tertiary/aromatic N) is 1. The van der Waals surface area contributed by atoms with Crippen molar-refractivity contribution < 1.29 is 13.9 Å². The molecule has 2 aromatic carbocycles. The van der Waals surface area contributed by atoms with E-state index in [1.54, 1.807) is 0 Å². The smallest absolute Gasteiger partial charge is 0.253 e. The largest absolute Gasteiger partial charge is 0.436 e. The summed E-state index contributed by atoms with van der Waals surface area (Å²) in [6.07, 6.45) is 1.35. The topological polar surface area (TPSA) is 64.4 Å². The summed E-state index contributed by atoms with van der Waals surface area (Å²) in [5, 5.41) is 2.96. The summed E-state index contributed by atoms with van der Waals surface area (Å²) >= 11 is 0. The number of oxazole rings is 1. The minimum atomic E-state index is -0.350. The molecule has 1 N–H and O–H groups in total. The van der Waals surface area contributed by atoms with E-state index < -0.39 is 0 Å². The van der Waals surface area contributed by atoms with Gasteiger partial charge in [-0.2, -0.15) is 0 Å². The molecule has 1 aliphatic rings. The van der Waals surface area contributed by atoms with Crippen LogP contribution in [0.1, 0.15) is 18.4 Å². The minimum Gasteiger partial charge on any atom is -0.436 e. The standard InChI is InChI=1S/C19H18N2O3/c1-12-8-9-13(19-21-14-5-2-3-6-16(14)24-19)11-15(12)20-18(22)17-7-4-10-23-17/h2-3,5-6,8-9,11,17H,4,7,10H2,1H3,(H,20,22)/t17-/m0/s1. The predicted molar refractivity (Wildman–Crippen MR) is 91.8 cm³/mol. The van der Waals surface area contributed by atoms with Gasteiger partial charge in [-0.1, -0.05) is 18.2 Å². The molecule has 1 amide bonds. The number of para-hydroxylation sites is 2. The molecule has 24 heavy (non-hydrogen) atoms. The van der Waals surface area contributed by atoms with E-state index in [-0.39, 0.29) is 12.0 Å². The van der Waals surface area contributed by atoms with Crippen LogP contribution < -0.4 is 5.32 Å². The summed E-state index contributed by atoms with van der Waals surface area (Å²) in [6, 6.07) is 13.4. The molecule has 0 unspecified atom stereocenters. The molecule has 0 bridgehead atoms. The number of carbonyl (C=O) groups excluding carboxylic acids is 1. The highest BCUT2D eigenvalue weighted by atomic mass is 16.5. The van der Waals surface area contributed by atoms with Crippen LogP contribution in [0.4, 0.5) is 5.69 Å². The maximum absolute atomic E-state index is 12.3. The third-order valence-corrected chi connectivity index (χ3v) is 4.26. The van der Waals surface area contributed by atoms with Crippen molar-refractivity contribution in [1.82, 2.24) is 4.98 Å². The van der Waals surface area contributed by atoms with Crippen molar-refractivity contribution in [3.05, 3.63) is 48.0 Å². The first kappa shape index (κ1) is 14.9. The number of fused-ring (bicyclic) bond motifs is 1. The highest BCUT2D eigenvalue weighted by Crippen LogP contribution is 2.28. The fourth-order valence-corrected chi connectivity index (χ4v) is 2.88. The van der Waals surface area contributed by atoms with Crippen molar-refractivity contribution in [3.8, 4) is 11.5 Å². The summed E-state index contributed by atoms with van der Waals surface area (Å²) in [5.74, 6) is 0.453. The molecule has 0 saturated carbocycles.